The zero-order valence-electron chi connectivity index (χ0n) is 11.4. The third kappa shape index (κ3) is 4.19. The number of carbonyl (C=O) groups excluding carboxylic acids is 1. The van der Waals surface area contributed by atoms with E-state index < -0.39 is 5.97 Å². The van der Waals surface area contributed by atoms with Gasteiger partial charge in [0.2, 0.25) is 0 Å². The van der Waals surface area contributed by atoms with Crippen LogP contribution in [0.2, 0.25) is 0 Å². The summed E-state index contributed by atoms with van der Waals surface area (Å²) >= 11 is 1.60. The van der Waals surface area contributed by atoms with Crippen LogP contribution in [-0.4, -0.2) is 34.7 Å². The third-order valence-electron chi connectivity index (χ3n) is 3.45. The van der Waals surface area contributed by atoms with Gasteiger partial charge in [0.25, 0.3) is 0 Å². The van der Waals surface area contributed by atoms with Crippen molar-refractivity contribution in [2.75, 3.05) is 6.54 Å². The van der Waals surface area contributed by atoms with E-state index >= 15 is 0 Å². The molecule has 0 aliphatic heterocycles. The number of aliphatic carboxylic acids is 1. The number of amides is 2. The van der Waals surface area contributed by atoms with E-state index in [0.717, 1.165) is 17.1 Å². The van der Waals surface area contributed by atoms with Crippen LogP contribution in [0.3, 0.4) is 0 Å². The van der Waals surface area contributed by atoms with Crippen molar-refractivity contribution >= 4 is 23.3 Å². The van der Waals surface area contributed by atoms with Crippen molar-refractivity contribution in [2.24, 2.45) is 5.92 Å². The Labute approximate surface area is 121 Å². The van der Waals surface area contributed by atoms with E-state index in [4.69, 9.17) is 5.11 Å². The van der Waals surface area contributed by atoms with Crippen LogP contribution in [-0.2, 0) is 11.2 Å². The van der Waals surface area contributed by atoms with Gasteiger partial charge in [0, 0.05) is 24.4 Å². The van der Waals surface area contributed by atoms with Gasteiger partial charge in [-0.1, -0.05) is 0 Å². The van der Waals surface area contributed by atoms with Crippen LogP contribution in [0.4, 0.5) is 4.79 Å². The van der Waals surface area contributed by atoms with E-state index in [-0.39, 0.29) is 18.0 Å². The summed E-state index contributed by atoms with van der Waals surface area (Å²) in [6, 6.07) is -0.259. The number of carboxylic acids is 1. The van der Waals surface area contributed by atoms with E-state index in [9.17, 15) is 9.59 Å². The number of rotatable bonds is 5. The summed E-state index contributed by atoms with van der Waals surface area (Å²) in [5, 5.41) is 17.5. The van der Waals surface area contributed by atoms with Gasteiger partial charge in [0.1, 0.15) is 0 Å². The largest absolute Gasteiger partial charge is 0.481 e. The lowest BCUT2D eigenvalue weighted by Crippen LogP contribution is -2.41. The van der Waals surface area contributed by atoms with Gasteiger partial charge in [-0.05, 0) is 26.2 Å². The molecule has 1 heterocycles. The van der Waals surface area contributed by atoms with Crippen LogP contribution in [0.5, 0.6) is 0 Å². The van der Waals surface area contributed by atoms with E-state index in [1.807, 2.05) is 12.3 Å². The topological polar surface area (TPSA) is 91.3 Å². The van der Waals surface area contributed by atoms with Crippen LogP contribution in [0.25, 0.3) is 0 Å². The molecule has 0 spiro atoms. The maximum Gasteiger partial charge on any atom is 0.315 e. The van der Waals surface area contributed by atoms with Gasteiger partial charge in [0.05, 0.1) is 16.6 Å². The fraction of sp³-hybridized carbons (Fsp3) is 0.615. The molecule has 2 atom stereocenters. The minimum Gasteiger partial charge on any atom is -0.481 e. The summed E-state index contributed by atoms with van der Waals surface area (Å²) in [7, 11) is 0. The van der Waals surface area contributed by atoms with Crippen LogP contribution in [0, 0.1) is 12.8 Å². The fourth-order valence-electron chi connectivity index (χ4n) is 2.40. The molecule has 2 amide bonds. The second-order valence-corrected chi connectivity index (χ2v) is 6.12. The first kappa shape index (κ1) is 14.8. The first-order valence-corrected chi connectivity index (χ1v) is 7.60. The molecule has 1 saturated carbocycles. The predicted octanol–water partition coefficient (Wildman–Crippen LogP) is 1.55. The van der Waals surface area contributed by atoms with Crippen molar-refractivity contribution in [1.29, 1.82) is 0 Å². The van der Waals surface area contributed by atoms with Gasteiger partial charge >= 0.3 is 12.0 Å². The molecule has 1 fully saturated rings. The zero-order chi connectivity index (χ0) is 14.5. The summed E-state index contributed by atoms with van der Waals surface area (Å²) in [5.74, 6) is -1.09. The van der Waals surface area contributed by atoms with Crippen LogP contribution in [0.1, 0.15) is 30.0 Å². The molecule has 1 aliphatic carbocycles. The van der Waals surface area contributed by atoms with Crippen LogP contribution < -0.4 is 10.6 Å². The molecule has 6 nitrogen and oxygen atoms in total. The lowest BCUT2D eigenvalue weighted by molar-refractivity contribution is -0.141. The Morgan fingerprint density at radius 2 is 2.30 bits per heavy atom. The van der Waals surface area contributed by atoms with E-state index in [1.165, 1.54) is 0 Å². The molecule has 0 aromatic carbocycles. The summed E-state index contributed by atoms with van der Waals surface area (Å²) in [6.07, 6.45) is 2.60. The van der Waals surface area contributed by atoms with Crippen molar-refractivity contribution < 1.29 is 14.7 Å². The second kappa shape index (κ2) is 6.69. The SMILES string of the molecule is Cc1nc(CCNC(=O)N[C@H]2CC[C@@H](C(=O)O)C2)cs1. The van der Waals surface area contributed by atoms with Gasteiger partial charge in [-0.3, -0.25) is 4.79 Å². The van der Waals surface area contributed by atoms with Gasteiger partial charge in [-0.2, -0.15) is 0 Å². The third-order valence-corrected chi connectivity index (χ3v) is 4.27. The molecule has 1 aromatic heterocycles. The summed E-state index contributed by atoms with van der Waals surface area (Å²) in [6.45, 7) is 2.48. The van der Waals surface area contributed by atoms with Crippen LogP contribution in [0.15, 0.2) is 5.38 Å². The molecule has 0 radical (unpaired) electrons. The fourth-order valence-corrected chi connectivity index (χ4v) is 3.05. The number of hydrogen-bond donors (Lipinski definition) is 3. The minimum atomic E-state index is -0.770. The molecule has 20 heavy (non-hydrogen) atoms. The number of nitrogens with zero attached hydrogens (tertiary/aromatic N) is 1. The Balaban J connectivity index is 1.65. The molecule has 110 valence electrons. The van der Waals surface area contributed by atoms with Crippen molar-refractivity contribution in [3.05, 3.63) is 16.1 Å². The number of urea groups is 1. The predicted molar refractivity (Wildman–Crippen MR) is 75.9 cm³/mol. The molecule has 3 N–H and O–H groups in total. The summed E-state index contributed by atoms with van der Waals surface area (Å²) in [5.41, 5.74) is 0.986. The Morgan fingerprint density at radius 3 is 2.90 bits per heavy atom. The average molecular weight is 297 g/mol. The number of carbonyl (C=O) groups is 2. The number of nitrogens with one attached hydrogen (secondary N) is 2. The molecule has 2 rings (SSSR count). The standard InChI is InChI=1S/C13H19N3O3S/c1-8-15-11(7-20-8)4-5-14-13(19)16-10-3-2-9(6-10)12(17)18/h7,9-10H,2-6H2,1H3,(H,17,18)(H2,14,16,19)/t9-,10+/m1/s1. The summed E-state index contributed by atoms with van der Waals surface area (Å²) < 4.78 is 0. The zero-order valence-corrected chi connectivity index (χ0v) is 12.2. The van der Waals surface area contributed by atoms with E-state index in [1.54, 1.807) is 11.3 Å². The number of thiazole rings is 1. The molecular formula is C13H19N3O3S. The van der Waals surface area contributed by atoms with E-state index in [2.05, 4.69) is 15.6 Å². The maximum atomic E-state index is 11.7. The smallest absolute Gasteiger partial charge is 0.315 e. The van der Waals surface area contributed by atoms with E-state index in [0.29, 0.717) is 25.8 Å². The highest BCUT2D eigenvalue weighted by Crippen LogP contribution is 2.25. The van der Waals surface area contributed by atoms with Crippen LogP contribution >= 0.6 is 11.3 Å². The molecule has 0 saturated heterocycles. The molecule has 1 aliphatic rings. The second-order valence-electron chi connectivity index (χ2n) is 5.05. The lowest BCUT2D eigenvalue weighted by Gasteiger charge is -2.13. The molecule has 0 unspecified atom stereocenters. The van der Waals surface area contributed by atoms with Gasteiger partial charge < -0.3 is 15.7 Å². The quantitative estimate of drug-likeness (QED) is 0.769. The van der Waals surface area contributed by atoms with Crippen molar-refractivity contribution in [1.82, 2.24) is 15.6 Å². The van der Waals surface area contributed by atoms with Crippen molar-refractivity contribution in [2.45, 2.75) is 38.6 Å². The van der Waals surface area contributed by atoms with Gasteiger partial charge in [-0.15, -0.1) is 11.3 Å². The van der Waals surface area contributed by atoms with Gasteiger partial charge in [-0.25, -0.2) is 9.78 Å². The Kier molecular flexibility index (Phi) is 4.94. The molecule has 0 bridgehead atoms. The number of aromatic nitrogens is 1. The van der Waals surface area contributed by atoms with Crippen molar-refractivity contribution in [3.8, 4) is 0 Å². The Bertz CT molecular complexity index is 489. The maximum absolute atomic E-state index is 11.7. The monoisotopic (exact) mass is 297 g/mol. The average Bonchev–Trinajstić information content (AvgIpc) is 2.99. The molecular weight excluding hydrogens is 278 g/mol. The summed E-state index contributed by atoms with van der Waals surface area (Å²) in [4.78, 5) is 26.8. The highest BCUT2D eigenvalue weighted by Gasteiger charge is 2.30. The molecule has 1 aromatic rings. The Hall–Kier alpha value is -1.63. The van der Waals surface area contributed by atoms with Crippen molar-refractivity contribution in [3.63, 3.8) is 0 Å². The van der Waals surface area contributed by atoms with Gasteiger partial charge in [0.15, 0.2) is 0 Å². The first-order valence-electron chi connectivity index (χ1n) is 6.73. The minimum absolute atomic E-state index is 0.0300. The number of hydrogen-bond acceptors (Lipinski definition) is 4. The number of carboxylic acid groups (broad SMARTS) is 1. The highest BCUT2D eigenvalue weighted by molar-refractivity contribution is 7.09. The lowest BCUT2D eigenvalue weighted by atomic mass is 10.1. The molecule has 7 heteroatoms. The highest BCUT2D eigenvalue weighted by atomic mass is 32.1. The normalized spacial score (nSPS) is 21.6. The first-order chi connectivity index (χ1) is 9.54. The number of aryl methyl sites for hydroxylation is 1. The Morgan fingerprint density at radius 1 is 1.50 bits per heavy atom.